The molecule has 144 valence electrons. The zero-order valence-corrected chi connectivity index (χ0v) is 15.2. The number of aromatic nitrogens is 2. The van der Waals surface area contributed by atoms with E-state index in [9.17, 15) is 19.2 Å². The number of carbonyl (C=O) groups excluding carboxylic acids is 2. The Morgan fingerprint density at radius 3 is 2.41 bits per heavy atom. The van der Waals surface area contributed by atoms with Crippen LogP contribution in [0.4, 0.5) is 5.69 Å². The first-order chi connectivity index (χ1) is 12.9. The van der Waals surface area contributed by atoms with Crippen LogP contribution in [-0.4, -0.2) is 34.9 Å². The molecule has 1 aromatic heterocycles. The number of hydrogen-bond donors (Lipinski definition) is 4. The van der Waals surface area contributed by atoms with Crippen molar-refractivity contribution in [1.82, 2.24) is 15.3 Å². The van der Waals surface area contributed by atoms with Gasteiger partial charge in [-0.1, -0.05) is 0 Å². The molecule has 0 aliphatic heterocycles. The molecule has 0 fully saturated rings. The largest absolute Gasteiger partial charge is 0.494 e. The fourth-order valence-corrected chi connectivity index (χ4v) is 2.44. The first-order valence-electron chi connectivity index (χ1n) is 8.50. The molecule has 2 amide bonds. The molecule has 1 heterocycles. The van der Waals surface area contributed by atoms with Crippen molar-refractivity contribution in [3.63, 3.8) is 0 Å². The summed E-state index contributed by atoms with van der Waals surface area (Å²) < 4.78 is 5.32. The SMILES string of the molecule is CCOc1ccc(NC(=O)CNC(=O)CCc2c(C)[nH]c(=O)[nH]c2=O)cc1. The van der Waals surface area contributed by atoms with Crippen LogP contribution in [0.3, 0.4) is 0 Å². The Morgan fingerprint density at radius 1 is 1.07 bits per heavy atom. The van der Waals surface area contributed by atoms with Gasteiger partial charge in [0.25, 0.3) is 5.56 Å². The highest BCUT2D eigenvalue weighted by Gasteiger charge is 2.10. The molecule has 0 radical (unpaired) electrons. The fraction of sp³-hybridized carbons (Fsp3) is 0.333. The van der Waals surface area contributed by atoms with Crippen molar-refractivity contribution in [1.29, 1.82) is 0 Å². The quantitative estimate of drug-likeness (QED) is 0.533. The molecule has 4 N–H and O–H groups in total. The van der Waals surface area contributed by atoms with Crippen molar-refractivity contribution >= 4 is 17.5 Å². The summed E-state index contributed by atoms with van der Waals surface area (Å²) in [6, 6.07) is 6.88. The van der Waals surface area contributed by atoms with Gasteiger partial charge in [-0.15, -0.1) is 0 Å². The van der Waals surface area contributed by atoms with Gasteiger partial charge in [-0.3, -0.25) is 19.4 Å². The van der Waals surface area contributed by atoms with Gasteiger partial charge >= 0.3 is 5.69 Å². The van der Waals surface area contributed by atoms with E-state index in [0.29, 0.717) is 29.3 Å². The molecule has 0 bridgehead atoms. The average molecular weight is 374 g/mol. The molecule has 1 aromatic carbocycles. The highest BCUT2D eigenvalue weighted by molar-refractivity contribution is 5.94. The Labute approximate surface area is 155 Å². The predicted molar refractivity (Wildman–Crippen MR) is 100.0 cm³/mol. The minimum atomic E-state index is -0.586. The number of anilines is 1. The number of benzene rings is 1. The van der Waals surface area contributed by atoms with Crippen molar-refractivity contribution in [2.75, 3.05) is 18.5 Å². The molecule has 0 spiro atoms. The third-order valence-electron chi connectivity index (χ3n) is 3.75. The van der Waals surface area contributed by atoms with Crippen LogP contribution in [0.25, 0.3) is 0 Å². The van der Waals surface area contributed by atoms with Gasteiger partial charge in [0.05, 0.1) is 13.2 Å². The fourth-order valence-electron chi connectivity index (χ4n) is 2.44. The maximum absolute atomic E-state index is 11.9. The summed E-state index contributed by atoms with van der Waals surface area (Å²) in [6.45, 7) is 3.84. The number of H-pyrrole nitrogens is 2. The first kappa shape index (κ1) is 20.0. The van der Waals surface area contributed by atoms with E-state index in [2.05, 4.69) is 20.6 Å². The van der Waals surface area contributed by atoms with E-state index >= 15 is 0 Å². The minimum Gasteiger partial charge on any atom is -0.494 e. The zero-order chi connectivity index (χ0) is 19.8. The molecule has 9 nitrogen and oxygen atoms in total. The van der Waals surface area contributed by atoms with Crippen LogP contribution in [0.15, 0.2) is 33.9 Å². The monoisotopic (exact) mass is 374 g/mol. The summed E-state index contributed by atoms with van der Waals surface area (Å²) in [7, 11) is 0. The molecule has 0 saturated carbocycles. The Balaban J connectivity index is 1.79. The lowest BCUT2D eigenvalue weighted by molar-refractivity contribution is -0.124. The maximum atomic E-state index is 11.9. The van der Waals surface area contributed by atoms with Crippen LogP contribution < -0.4 is 26.6 Å². The second-order valence-electron chi connectivity index (χ2n) is 5.79. The minimum absolute atomic E-state index is 0.0201. The Kier molecular flexibility index (Phi) is 6.93. The lowest BCUT2D eigenvalue weighted by Gasteiger charge is -2.08. The van der Waals surface area contributed by atoms with Crippen LogP contribution in [0.2, 0.25) is 0 Å². The second kappa shape index (κ2) is 9.37. The van der Waals surface area contributed by atoms with Crippen molar-refractivity contribution in [3.8, 4) is 5.75 Å². The molecule has 0 aliphatic carbocycles. The highest BCUT2D eigenvalue weighted by Crippen LogP contribution is 2.15. The summed E-state index contributed by atoms with van der Waals surface area (Å²) in [4.78, 5) is 51.2. The molecule has 0 aliphatic rings. The Morgan fingerprint density at radius 2 is 1.78 bits per heavy atom. The van der Waals surface area contributed by atoms with Gasteiger partial charge in [-0.25, -0.2) is 4.79 Å². The van der Waals surface area contributed by atoms with E-state index < -0.39 is 11.2 Å². The average Bonchev–Trinajstić information content (AvgIpc) is 2.61. The number of aromatic amines is 2. The molecule has 27 heavy (non-hydrogen) atoms. The van der Waals surface area contributed by atoms with Crippen molar-refractivity contribution < 1.29 is 14.3 Å². The van der Waals surface area contributed by atoms with Crippen LogP contribution in [0, 0.1) is 6.92 Å². The number of hydrogen-bond acceptors (Lipinski definition) is 5. The smallest absolute Gasteiger partial charge is 0.325 e. The van der Waals surface area contributed by atoms with E-state index in [1.165, 1.54) is 0 Å². The molecule has 0 unspecified atom stereocenters. The topological polar surface area (TPSA) is 133 Å². The lowest BCUT2D eigenvalue weighted by Crippen LogP contribution is -2.33. The van der Waals surface area contributed by atoms with Gasteiger partial charge in [0.1, 0.15) is 5.75 Å². The maximum Gasteiger partial charge on any atom is 0.325 e. The summed E-state index contributed by atoms with van der Waals surface area (Å²) >= 11 is 0. The molecule has 2 rings (SSSR count). The Hall–Kier alpha value is -3.36. The molecule has 0 atom stereocenters. The normalized spacial score (nSPS) is 10.3. The second-order valence-corrected chi connectivity index (χ2v) is 5.79. The number of rotatable bonds is 8. The molecule has 2 aromatic rings. The third kappa shape index (κ3) is 6.14. The number of amides is 2. The van der Waals surface area contributed by atoms with Crippen LogP contribution in [0.1, 0.15) is 24.6 Å². The van der Waals surface area contributed by atoms with Crippen LogP contribution in [0.5, 0.6) is 5.75 Å². The van der Waals surface area contributed by atoms with Gasteiger partial charge in [0.2, 0.25) is 11.8 Å². The third-order valence-corrected chi connectivity index (χ3v) is 3.75. The molecular weight excluding hydrogens is 352 g/mol. The molecule has 0 saturated heterocycles. The number of ether oxygens (including phenoxy) is 1. The number of carbonyl (C=O) groups is 2. The van der Waals surface area contributed by atoms with Crippen molar-refractivity contribution in [3.05, 3.63) is 56.4 Å². The summed E-state index contributed by atoms with van der Waals surface area (Å²) in [6.07, 6.45) is 0.177. The standard InChI is InChI=1S/C18H22N4O5/c1-3-27-13-6-4-12(5-7-13)21-16(24)10-19-15(23)9-8-14-11(2)20-18(26)22-17(14)25/h4-7H,3,8-10H2,1-2H3,(H,19,23)(H,21,24)(H2,20,22,25,26). The zero-order valence-electron chi connectivity index (χ0n) is 15.2. The summed E-state index contributed by atoms with van der Waals surface area (Å²) in [5.74, 6) is -0.0382. The van der Waals surface area contributed by atoms with E-state index in [0.717, 1.165) is 0 Å². The number of nitrogens with one attached hydrogen (secondary N) is 4. The number of aryl methyl sites for hydroxylation is 1. The highest BCUT2D eigenvalue weighted by atomic mass is 16.5. The molecule has 9 heteroatoms. The van der Waals surface area contributed by atoms with Gasteiger partial charge in [-0.05, 0) is 44.5 Å². The van der Waals surface area contributed by atoms with Crippen molar-refractivity contribution in [2.45, 2.75) is 26.7 Å². The lowest BCUT2D eigenvalue weighted by atomic mass is 10.1. The van der Waals surface area contributed by atoms with Gasteiger partial charge in [-0.2, -0.15) is 0 Å². The van der Waals surface area contributed by atoms with Gasteiger partial charge in [0.15, 0.2) is 0 Å². The van der Waals surface area contributed by atoms with Crippen LogP contribution in [-0.2, 0) is 16.0 Å². The first-order valence-corrected chi connectivity index (χ1v) is 8.50. The van der Waals surface area contributed by atoms with Crippen LogP contribution >= 0.6 is 0 Å². The summed E-state index contributed by atoms with van der Waals surface area (Å²) in [5.41, 5.74) is 0.246. The Bertz CT molecular complexity index is 915. The predicted octanol–water partition coefficient (Wildman–Crippen LogP) is 0.458. The molecular formula is C18H22N4O5. The summed E-state index contributed by atoms with van der Waals surface area (Å²) in [5, 5.41) is 5.16. The van der Waals surface area contributed by atoms with E-state index in [1.807, 2.05) is 6.92 Å². The van der Waals surface area contributed by atoms with Crippen molar-refractivity contribution in [2.24, 2.45) is 0 Å². The van der Waals surface area contributed by atoms with Gasteiger partial charge in [0, 0.05) is 23.4 Å². The van der Waals surface area contributed by atoms with Gasteiger partial charge < -0.3 is 20.4 Å². The van der Waals surface area contributed by atoms with E-state index in [-0.39, 0.29) is 31.2 Å². The van der Waals surface area contributed by atoms with E-state index in [4.69, 9.17) is 4.74 Å². The van der Waals surface area contributed by atoms with E-state index in [1.54, 1.807) is 31.2 Å².